The molecule has 0 radical (unpaired) electrons. The highest BCUT2D eigenvalue weighted by molar-refractivity contribution is 5.75. The molecule has 0 aliphatic carbocycles. The van der Waals surface area contributed by atoms with Gasteiger partial charge in [0.05, 0.1) is 33.0 Å². The molecule has 0 saturated heterocycles. The van der Waals surface area contributed by atoms with Crippen LogP contribution >= 0.6 is 0 Å². The highest BCUT2D eigenvalue weighted by atomic mass is 16.6. The summed E-state index contributed by atoms with van der Waals surface area (Å²) in [5.74, 6) is -1.47. The van der Waals surface area contributed by atoms with Crippen LogP contribution in [0.15, 0.2) is 37.2 Å². The van der Waals surface area contributed by atoms with Crippen LogP contribution < -0.4 is 5.32 Å². The van der Waals surface area contributed by atoms with Gasteiger partial charge in [-0.25, -0.2) is 13.7 Å². The number of nitrogens with one attached hydrogen (secondary N) is 1. The van der Waals surface area contributed by atoms with Gasteiger partial charge in [0.1, 0.15) is 55.5 Å². The number of carbonyl (C=O) groups excluding carboxylic acids is 1. The van der Waals surface area contributed by atoms with Crippen molar-refractivity contribution in [3.05, 3.63) is 67.5 Å². The minimum atomic E-state index is -1.25. The number of rotatable bonds is 17. The van der Waals surface area contributed by atoms with E-state index in [0.717, 1.165) is 9.13 Å². The minimum absolute atomic E-state index is 0.101. The maximum Gasteiger partial charge on any atom is 0.436 e. The molecular weight excluding hydrogens is 628 g/mol. The average Bonchev–Trinajstić information content (AvgIpc) is 3.78. The van der Waals surface area contributed by atoms with Crippen LogP contribution in [0, 0.1) is 30.3 Å². The van der Waals surface area contributed by atoms with Gasteiger partial charge >= 0.3 is 17.8 Å². The molecule has 0 spiro atoms. The third kappa shape index (κ3) is 13.3. The predicted molar refractivity (Wildman–Crippen MR) is 150 cm³/mol. The smallest absolute Gasteiger partial charge is 0.395 e. The van der Waals surface area contributed by atoms with Gasteiger partial charge in [-0.05, 0) is 14.8 Å². The summed E-state index contributed by atoms with van der Waals surface area (Å²) in [7, 11) is 1.45. The Hall–Kier alpha value is -4.98. The first-order valence-electron chi connectivity index (χ1n) is 12.9. The van der Waals surface area contributed by atoms with Crippen molar-refractivity contribution in [2.24, 2.45) is 0 Å². The van der Waals surface area contributed by atoms with Crippen LogP contribution in [0.1, 0.15) is 0 Å². The number of hydrogen-bond acceptors (Lipinski definition) is 17. The fourth-order valence-corrected chi connectivity index (χ4v) is 3.24. The van der Waals surface area contributed by atoms with Crippen LogP contribution in [0.3, 0.4) is 0 Å². The predicted octanol–water partition coefficient (Wildman–Crippen LogP) is -2.82. The van der Waals surface area contributed by atoms with Crippen molar-refractivity contribution in [2.45, 2.75) is 38.1 Å². The van der Waals surface area contributed by atoms with Crippen molar-refractivity contribution < 1.29 is 54.6 Å². The van der Waals surface area contributed by atoms with E-state index < -0.39 is 58.2 Å². The van der Waals surface area contributed by atoms with Gasteiger partial charge in [0.15, 0.2) is 13.3 Å². The number of hydrogen-bond donors (Lipinski definition) is 6. The summed E-state index contributed by atoms with van der Waals surface area (Å²) in [6.45, 7) is -1.32. The van der Waals surface area contributed by atoms with Gasteiger partial charge in [0, 0.05) is 13.7 Å². The van der Waals surface area contributed by atoms with E-state index in [-0.39, 0.29) is 51.5 Å². The Morgan fingerprint density at radius 2 is 1.37 bits per heavy atom. The highest BCUT2D eigenvalue weighted by Gasteiger charge is 2.21. The molecule has 6 N–H and O–H groups in total. The SMILES string of the molecule is COCC(O)Cn1ccnc1[N+](=O)[O-].O=C(Cn1ccnc1[N+](=O)[O-])NCCO.O=[N+]([O-])c1nccn1COC(CO)C(O)CO. The molecule has 3 atom stereocenters. The highest BCUT2D eigenvalue weighted by Crippen LogP contribution is 2.10. The van der Waals surface area contributed by atoms with Gasteiger partial charge in [0.2, 0.25) is 0 Å². The number of aliphatic hydroxyl groups is 5. The van der Waals surface area contributed by atoms with Crippen LogP contribution in [0.5, 0.6) is 0 Å². The number of aromatic nitrogens is 6. The van der Waals surface area contributed by atoms with Crippen molar-refractivity contribution in [3.8, 4) is 0 Å². The number of amides is 1. The molecule has 3 unspecified atom stereocenters. The molecule has 3 aromatic rings. The van der Waals surface area contributed by atoms with E-state index in [2.05, 4.69) is 20.3 Å². The number of nitrogens with zero attached hydrogens (tertiary/aromatic N) is 9. The Labute approximate surface area is 258 Å². The lowest BCUT2D eigenvalue weighted by atomic mass is 10.2. The first-order chi connectivity index (χ1) is 21.9. The molecule has 1 amide bonds. The number of ether oxygens (including phenoxy) is 2. The van der Waals surface area contributed by atoms with Gasteiger partial charge in [-0.3, -0.25) is 4.79 Å². The molecule has 46 heavy (non-hydrogen) atoms. The first-order valence-corrected chi connectivity index (χ1v) is 12.9. The summed E-state index contributed by atoms with van der Waals surface area (Å²) in [6.07, 6.45) is 4.89. The zero-order valence-corrected chi connectivity index (χ0v) is 24.3. The first kappa shape index (κ1) is 39.0. The lowest BCUT2D eigenvalue weighted by molar-refractivity contribution is -0.398. The van der Waals surface area contributed by atoms with Gasteiger partial charge in [-0.2, -0.15) is 0 Å². The Morgan fingerprint density at radius 1 is 0.870 bits per heavy atom. The molecule has 256 valence electrons. The zero-order chi connectivity index (χ0) is 34.6. The topological polar surface area (TPSA) is 332 Å². The second-order valence-corrected chi connectivity index (χ2v) is 8.65. The summed E-state index contributed by atoms with van der Waals surface area (Å²) in [4.78, 5) is 51.1. The molecule has 0 fully saturated rings. The molecule has 0 aromatic carbocycles. The molecule has 0 saturated carbocycles. The minimum Gasteiger partial charge on any atom is -0.395 e. The molecule has 3 aromatic heterocycles. The summed E-state index contributed by atoms with van der Waals surface area (Å²) in [5, 5.41) is 78.3. The molecule has 0 aliphatic rings. The molecule has 0 aliphatic heterocycles. The lowest BCUT2D eigenvalue weighted by Crippen LogP contribution is -2.35. The quantitative estimate of drug-likeness (QED) is 0.0626. The summed E-state index contributed by atoms with van der Waals surface area (Å²) < 4.78 is 13.2. The summed E-state index contributed by atoms with van der Waals surface area (Å²) >= 11 is 0. The molecule has 24 nitrogen and oxygen atoms in total. The molecule has 0 bridgehead atoms. The Balaban J connectivity index is 0.000000347. The van der Waals surface area contributed by atoms with E-state index >= 15 is 0 Å². The molecule has 24 heteroatoms. The second-order valence-electron chi connectivity index (χ2n) is 8.65. The monoisotopic (exact) mass is 662 g/mol. The van der Waals surface area contributed by atoms with Gasteiger partial charge < -0.3 is 70.7 Å². The second kappa shape index (κ2) is 20.9. The van der Waals surface area contributed by atoms with Gasteiger partial charge in [-0.15, -0.1) is 0 Å². The summed E-state index contributed by atoms with van der Waals surface area (Å²) in [6, 6.07) is 0. The Kier molecular flexibility index (Phi) is 17.7. The van der Waals surface area contributed by atoms with Crippen LogP contribution in [0.2, 0.25) is 0 Å². The summed E-state index contributed by atoms with van der Waals surface area (Å²) in [5.41, 5.74) is 0. The van der Waals surface area contributed by atoms with Gasteiger partial charge in [-0.1, -0.05) is 15.0 Å². The fraction of sp³-hybridized carbons (Fsp3) is 0.545. The van der Waals surface area contributed by atoms with Gasteiger partial charge in [0.25, 0.3) is 5.91 Å². The van der Waals surface area contributed by atoms with E-state index in [1.165, 1.54) is 48.9 Å². The number of imidazole rings is 3. The standard InChI is InChI=1S/C8H13N3O6.C7H10N4O4.C7H11N3O4/c12-3-6(14)7(4-13)17-5-10-2-1-9-8(10)11(15)16;12-4-2-8-6(13)5-10-3-1-9-7(10)11(14)15;1-14-5-6(11)4-9-3-2-8-7(9)10(12)13/h1-2,6-7,12-14H,3-5H2;1,3,12H,2,4-5H2,(H,8,13);2-3,6,11H,4-5H2,1H3. The van der Waals surface area contributed by atoms with Crippen molar-refractivity contribution in [2.75, 3.05) is 40.1 Å². The third-order valence-corrected chi connectivity index (χ3v) is 5.31. The van der Waals surface area contributed by atoms with E-state index in [1.807, 2.05) is 0 Å². The van der Waals surface area contributed by atoms with Crippen LogP contribution in [0.4, 0.5) is 17.8 Å². The normalized spacial score (nSPS) is 12.5. The number of aliphatic hydroxyl groups excluding tert-OH is 5. The molecular formula is C22H34N10O14. The third-order valence-electron chi connectivity index (χ3n) is 5.31. The van der Waals surface area contributed by atoms with Crippen molar-refractivity contribution in [1.82, 2.24) is 34.0 Å². The molecule has 3 heterocycles. The number of methoxy groups -OCH3 is 1. The van der Waals surface area contributed by atoms with Crippen LogP contribution in [0.25, 0.3) is 0 Å². The fourth-order valence-electron chi connectivity index (χ4n) is 3.24. The Bertz CT molecular complexity index is 1360. The maximum absolute atomic E-state index is 11.2. The van der Waals surface area contributed by atoms with Crippen LogP contribution in [-0.4, -0.2) is 133 Å². The lowest BCUT2D eigenvalue weighted by Gasteiger charge is -2.18. The number of carbonyl (C=O) groups is 1. The van der Waals surface area contributed by atoms with E-state index in [0.29, 0.717) is 0 Å². The van der Waals surface area contributed by atoms with E-state index in [4.69, 9.17) is 24.8 Å². The Morgan fingerprint density at radius 3 is 1.85 bits per heavy atom. The largest absolute Gasteiger partial charge is 0.436 e. The van der Waals surface area contributed by atoms with E-state index in [1.54, 1.807) is 0 Å². The average molecular weight is 663 g/mol. The maximum atomic E-state index is 11.2. The van der Waals surface area contributed by atoms with E-state index in [9.17, 15) is 45.4 Å². The van der Waals surface area contributed by atoms with Crippen molar-refractivity contribution in [3.63, 3.8) is 0 Å². The van der Waals surface area contributed by atoms with Crippen LogP contribution in [-0.2, 0) is 34.1 Å². The van der Waals surface area contributed by atoms with Crippen molar-refractivity contribution in [1.29, 1.82) is 0 Å². The number of nitro groups is 3. The van der Waals surface area contributed by atoms with Crippen molar-refractivity contribution >= 4 is 23.8 Å². The molecule has 3 rings (SSSR count). The zero-order valence-electron chi connectivity index (χ0n) is 24.3.